The molecule has 0 heterocycles. The highest BCUT2D eigenvalue weighted by Gasteiger charge is 2.37. The van der Waals surface area contributed by atoms with Crippen LogP contribution in [0.1, 0.15) is 77.6 Å². The summed E-state index contributed by atoms with van der Waals surface area (Å²) in [5, 5.41) is 9.16. The van der Waals surface area contributed by atoms with Crippen LogP contribution in [0.2, 0.25) is 0 Å². The van der Waals surface area contributed by atoms with Gasteiger partial charge in [0.2, 0.25) is 0 Å². The van der Waals surface area contributed by atoms with E-state index in [9.17, 15) is 4.79 Å². The van der Waals surface area contributed by atoms with Crippen LogP contribution >= 0.6 is 0 Å². The van der Waals surface area contributed by atoms with Crippen molar-refractivity contribution < 1.29 is 14.6 Å². The summed E-state index contributed by atoms with van der Waals surface area (Å²) in [7, 11) is 0. The van der Waals surface area contributed by atoms with Crippen LogP contribution in [-0.4, -0.2) is 23.8 Å². The lowest BCUT2D eigenvalue weighted by molar-refractivity contribution is -0.144. The molecule has 21 heavy (non-hydrogen) atoms. The van der Waals surface area contributed by atoms with E-state index in [-0.39, 0.29) is 5.92 Å². The standard InChI is InChI=1S/C18H32O3/c1-2-3-4-5-6-11-21-17-10-9-14-12-16(18(19)20)8-7-15(14)13-17/h14-17H,2-13H2,1H3,(H,19,20). The van der Waals surface area contributed by atoms with Crippen molar-refractivity contribution in [2.75, 3.05) is 6.61 Å². The fourth-order valence-electron chi connectivity index (χ4n) is 4.18. The summed E-state index contributed by atoms with van der Waals surface area (Å²) in [6.45, 7) is 3.16. The van der Waals surface area contributed by atoms with Crippen LogP contribution in [0.5, 0.6) is 0 Å². The second-order valence-corrected chi connectivity index (χ2v) is 7.09. The van der Waals surface area contributed by atoms with Gasteiger partial charge in [0.25, 0.3) is 0 Å². The summed E-state index contributed by atoms with van der Waals surface area (Å²) in [5.74, 6) is 0.699. The minimum atomic E-state index is -0.584. The molecule has 0 saturated heterocycles. The average Bonchev–Trinajstić information content (AvgIpc) is 2.50. The lowest BCUT2D eigenvalue weighted by atomic mass is 9.67. The van der Waals surface area contributed by atoms with Crippen LogP contribution in [0.4, 0.5) is 0 Å². The molecule has 0 aromatic rings. The van der Waals surface area contributed by atoms with Crippen LogP contribution in [0, 0.1) is 17.8 Å². The van der Waals surface area contributed by atoms with Crippen LogP contribution in [0.15, 0.2) is 0 Å². The molecule has 2 fully saturated rings. The van der Waals surface area contributed by atoms with Gasteiger partial charge >= 0.3 is 5.97 Å². The minimum Gasteiger partial charge on any atom is -0.481 e. The Balaban J connectivity index is 1.61. The van der Waals surface area contributed by atoms with Gasteiger partial charge in [-0.3, -0.25) is 4.79 Å². The first-order valence-electron chi connectivity index (χ1n) is 9.05. The van der Waals surface area contributed by atoms with Crippen molar-refractivity contribution in [2.45, 2.75) is 83.7 Å². The van der Waals surface area contributed by atoms with Crippen molar-refractivity contribution >= 4 is 5.97 Å². The van der Waals surface area contributed by atoms with E-state index in [2.05, 4.69) is 6.92 Å². The summed E-state index contributed by atoms with van der Waals surface area (Å²) in [6, 6.07) is 0. The van der Waals surface area contributed by atoms with Crippen molar-refractivity contribution in [1.29, 1.82) is 0 Å². The number of hydrogen-bond donors (Lipinski definition) is 1. The average molecular weight is 296 g/mol. The van der Waals surface area contributed by atoms with E-state index in [0.29, 0.717) is 12.0 Å². The van der Waals surface area contributed by atoms with Crippen LogP contribution < -0.4 is 0 Å². The maximum Gasteiger partial charge on any atom is 0.306 e. The third-order valence-electron chi connectivity index (χ3n) is 5.52. The molecular weight excluding hydrogens is 264 g/mol. The Hall–Kier alpha value is -0.570. The van der Waals surface area contributed by atoms with E-state index in [1.807, 2.05) is 0 Å². The van der Waals surface area contributed by atoms with Gasteiger partial charge in [0.1, 0.15) is 0 Å². The van der Waals surface area contributed by atoms with Crippen LogP contribution in [0.25, 0.3) is 0 Å². The molecule has 122 valence electrons. The number of rotatable bonds is 8. The van der Waals surface area contributed by atoms with E-state index < -0.39 is 5.97 Å². The lowest BCUT2D eigenvalue weighted by Crippen LogP contribution is -2.36. The van der Waals surface area contributed by atoms with Gasteiger partial charge in [0, 0.05) is 6.61 Å². The van der Waals surface area contributed by atoms with E-state index in [0.717, 1.165) is 38.2 Å². The Morgan fingerprint density at radius 2 is 1.71 bits per heavy atom. The Morgan fingerprint density at radius 3 is 2.48 bits per heavy atom. The number of ether oxygens (including phenoxy) is 1. The largest absolute Gasteiger partial charge is 0.481 e. The number of fused-ring (bicyclic) bond motifs is 1. The Morgan fingerprint density at radius 1 is 1.00 bits per heavy atom. The van der Waals surface area contributed by atoms with Gasteiger partial charge in [-0.2, -0.15) is 0 Å². The maximum absolute atomic E-state index is 11.1. The van der Waals surface area contributed by atoms with Gasteiger partial charge in [-0.15, -0.1) is 0 Å². The quantitative estimate of drug-likeness (QED) is 0.664. The monoisotopic (exact) mass is 296 g/mol. The third kappa shape index (κ3) is 5.28. The lowest BCUT2D eigenvalue weighted by Gasteiger charge is -2.41. The highest BCUT2D eigenvalue weighted by Crippen LogP contribution is 2.43. The zero-order valence-corrected chi connectivity index (χ0v) is 13.6. The predicted molar refractivity (Wildman–Crippen MR) is 84.3 cm³/mol. The molecule has 1 N–H and O–H groups in total. The number of carbonyl (C=O) groups is 1. The fraction of sp³-hybridized carbons (Fsp3) is 0.944. The maximum atomic E-state index is 11.1. The Kier molecular flexibility index (Phi) is 7.01. The van der Waals surface area contributed by atoms with Gasteiger partial charge < -0.3 is 9.84 Å². The molecule has 2 rings (SSSR count). The number of carboxylic acid groups (broad SMARTS) is 1. The van der Waals surface area contributed by atoms with Gasteiger partial charge in [-0.1, -0.05) is 32.6 Å². The molecule has 4 atom stereocenters. The van der Waals surface area contributed by atoms with Crippen molar-refractivity contribution in [3.05, 3.63) is 0 Å². The van der Waals surface area contributed by atoms with Gasteiger partial charge in [0.15, 0.2) is 0 Å². The molecule has 3 nitrogen and oxygen atoms in total. The van der Waals surface area contributed by atoms with Crippen LogP contribution in [-0.2, 0) is 9.53 Å². The number of aliphatic carboxylic acids is 1. The summed E-state index contributed by atoms with van der Waals surface area (Å²) >= 11 is 0. The summed E-state index contributed by atoms with van der Waals surface area (Å²) in [6.07, 6.45) is 13.3. The third-order valence-corrected chi connectivity index (χ3v) is 5.52. The molecule has 0 amide bonds. The number of hydrogen-bond acceptors (Lipinski definition) is 2. The highest BCUT2D eigenvalue weighted by molar-refractivity contribution is 5.70. The second kappa shape index (κ2) is 8.77. The van der Waals surface area contributed by atoms with Crippen molar-refractivity contribution in [3.8, 4) is 0 Å². The van der Waals surface area contributed by atoms with E-state index in [1.54, 1.807) is 0 Å². The van der Waals surface area contributed by atoms with Crippen LogP contribution in [0.3, 0.4) is 0 Å². The molecule has 4 unspecified atom stereocenters. The molecule has 0 aromatic carbocycles. The topological polar surface area (TPSA) is 46.5 Å². The molecule has 0 bridgehead atoms. The second-order valence-electron chi connectivity index (χ2n) is 7.09. The molecule has 2 aliphatic rings. The first kappa shape index (κ1) is 16.8. The molecule has 2 aliphatic carbocycles. The normalized spacial score (nSPS) is 32.6. The Bertz CT molecular complexity index is 316. The van der Waals surface area contributed by atoms with Crippen molar-refractivity contribution in [3.63, 3.8) is 0 Å². The van der Waals surface area contributed by atoms with Gasteiger partial charge in [0.05, 0.1) is 12.0 Å². The smallest absolute Gasteiger partial charge is 0.306 e. The first-order chi connectivity index (χ1) is 10.2. The first-order valence-corrected chi connectivity index (χ1v) is 9.05. The predicted octanol–water partition coefficient (Wildman–Crippen LogP) is 4.64. The molecule has 2 saturated carbocycles. The molecule has 3 heteroatoms. The van der Waals surface area contributed by atoms with Crippen molar-refractivity contribution in [2.24, 2.45) is 17.8 Å². The molecule has 0 radical (unpaired) electrons. The van der Waals surface area contributed by atoms with E-state index >= 15 is 0 Å². The van der Waals surface area contributed by atoms with E-state index in [1.165, 1.54) is 44.9 Å². The molecule has 0 spiro atoms. The summed E-state index contributed by atoms with van der Waals surface area (Å²) < 4.78 is 6.07. The SMILES string of the molecule is CCCCCCCOC1CCC2CC(C(=O)O)CCC2C1. The molecule has 0 aromatic heterocycles. The minimum absolute atomic E-state index is 0.0812. The Labute approximate surface area is 129 Å². The van der Waals surface area contributed by atoms with Gasteiger partial charge in [-0.25, -0.2) is 0 Å². The number of unbranched alkanes of at least 4 members (excludes halogenated alkanes) is 4. The molecule has 0 aliphatic heterocycles. The number of carboxylic acids is 1. The molecular formula is C18H32O3. The van der Waals surface area contributed by atoms with E-state index in [4.69, 9.17) is 9.84 Å². The fourth-order valence-corrected chi connectivity index (χ4v) is 4.18. The van der Waals surface area contributed by atoms with Crippen molar-refractivity contribution in [1.82, 2.24) is 0 Å². The zero-order chi connectivity index (χ0) is 15.1. The summed E-state index contributed by atoms with van der Waals surface area (Å²) in [4.78, 5) is 11.1. The highest BCUT2D eigenvalue weighted by atomic mass is 16.5. The zero-order valence-electron chi connectivity index (χ0n) is 13.6. The van der Waals surface area contributed by atoms with Gasteiger partial charge in [-0.05, 0) is 56.8 Å². The summed E-state index contributed by atoms with van der Waals surface area (Å²) in [5.41, 5.74) is 0.